The third kappa shape index (κ3) is 3.60. The quantitative estimate of drug-likeness (QED) is 0.803. The minimum Gasteiger partial charge on any atom is -0.372 e. The third-order valence-electron chi connectivity index (χ3n) is 5.20. The van der Waals surface area contributed by atoms with Gasteiger partial charge in [-0.3, -0.25) is 14.5 Å². The van der Waals surface area contributed by atoms with Crippen LogP contribution < -0.4 is 4.90 Å². The number of carbonyl (C=O) groups excluding carboxylic acids is 1. The summed E-state index contributed by atoms with van der Waals surface area (Å²) in [7, 11) is 1.93. The number of carbonyl (C=O) groups is 1. The molecule has 0 bridgehead atoms. The number of hydrogen-bond donors (Lipinski definition) is 0. The predicted octanol–water partition coefficient (Wildman–Crippen LogP) is 1.60. The van der Waals surface area contributed by atoms with Crippen LogP contribution in [0.4, 0.5) is 5.69 Å². The number of allylic oxidation sites excluding steroid dienone is 1. The molecule has 1 aliphatic carbocycles. The van der Waals surface area contributed by atoms with Gasteiger partial charge in [-0.25, -0.2) is 0 Å². The van der Waals surface area contributed by atoms with Crippen molar-refractivity contribution in [2.24, 2.45) is 7.05 Å². The Morgan fingerprint density at radius 2 is 2.07 bits per heavy atom. The molecule has 27 heavy (non-hydrogen) atoms. The summed E-state index contributed by atoms with van der Waals surface area (Å²) < 4.78 is 7.07. The number of rotatable bonds is 5. The number of ether oxygens (including phenoxy) is 1. The fourth-order valence-electron chi connectivity index (χ4n) is 3.73. The molecule has 0 spiro atoms. The maximum Gasteiger partial charge on any atom is 0.248 e. The summed E-state index contributed by atoms with van der Waals surface area (Å²) in [5, 5.41) is 4.28. The van der Waals surface area contributed by atoms with Crippen LogP contribution in [0.5, 0.6) is 0 Å². The zero-order valence-corrected chi connectivity index (χ0v) is 15.9. The summed E-state index contributed by atoms with van der Waals surface area (Å²) in [5.74, 6) is 0.0789. The van der Waals surface area contributed by atoms with Crippen LogP contribution in [0, 0.1) is 0 Å². The van der Waals surface area contributed by atoms with E-state index in [1.54, 1.807) is 0 Å². The van der Waals surface area contributed by atoms with E-state index in [1.165, 1.54) is 16.8 Å². The molecule has 142 valence electrons. The zero-order valence-electron chi connectivity index (χ0n) is 15.9. The van der Waals surface area contributed by atoms with Gasteiger partial charge in [0.2, 0.25) is 5.91 Å². The summed E-state index contributed by atoms with van der Waals surface area (Å²) in [6.45, 7) is 5.75. The van der Waals surface area contributed by atoms with Crippen LogP contribution in [-0.2, 0) is 23.0 Å². The molecule has 1 fully saturated rings. The van der Waals surface area contributed by atoms with Gasteiger partial charge in [-0.15, -0.1) is 0 Å². The van der Waals surface area contributed by atoms with Crippen molar-refractivity contribution >= 4 is 23.2 Å². The van der Waals surface area contributed by atoms with Gasteiger partial charge in [0.25, 0.3) is 0 Å². The Labute approximate surface area is 159 Å². The molecule has 0 aromatic carbocycles. The smallest absolute Gasteiger partial charge is 0.248 e. The van der Waals surface area contributed by atoms with E-state index in [1.807, 2.05) is 42.1 Å². The predicted molar refractivity (Wildman–Crippen MR) is 104 cm³/mol. The molecule has 3 heterocycles. The number of hydrogen-bond acceptors (Lipinski definition) is 5. The standard InChI is InChI=1S/C20H25N5O2/c1-3-27-14-20(26)25-8-6-24(7-9-25)19-4-5-21-18-11-15(10-17(18)19)16-12-22-23(2)13-16/h4-5,10,12-13H,3,6-9,11,14H2,1-2H3. The average Bonchev–Trinajstić information content (AvgIpc) is 3.32. The van der Waals surface area contributed by atoms with E-state index in [9.17, 15) is 4.79 Å². The average molecular weight is 367 g/mol. The van der Waals surface area contributed by atoms with Gasteiger partial charge in [0.15, 0.2) is 0 Å². The Kier molecular flexibility index (Phi) is 4.94. The lowest BCUT2D eigenvalue weighted by Crippen LogP contribution is -2.50. The molecule has 0 unspecified atom stereocenters. The topological polar surface area (TPSA) is 63.5 Å². The molecule has 2 aromatic rings. The summed E-state index contributed by atoms with van der Waals surface area (Å²) in [6, 6.07) is 2.08. The van der Waals surface area contributed by atoms with E-state index in [2.05, 4.69) is 27.1 Å². The first-order chi connectivity index (χ1) is 13.2. The Morgan fingerprint density at radius 3 is 2.78 bits per heavy atom. The number of nitrogens with zero attached hydrogens (tertiary/aromatic N) is 5. The van der Waals surface area contributed by atoms with Crippen LogP contribution in [0.3, 0.4) is 0 Å². The molecule has 0 N–H and O–H groups in total. The van der Waals surface area contributed by atoms with E-state index in [4.69, 9.17) is 4.74 Å². The SMILES string of the molecule is CCOCC(=O)N1CCN(c2ccnc3c2C=C(c2cnn(C)c2)C3)CC1. The summed E-state index contributed by atoms with van der Waals surface area (Å²) in [4.78, 5) is 21.0. The molecule has 0 atom stereocenters. The van der Waals surface area contributed by atoms with Crippen molar-refractivity contribution in [3.63, 3.8) is 0 Å². The second-order valence-corrected chi connectivity index (χ2v) is 6.94. The molecule has 7 nitrogen and oxygen atoms in total. The Morgan fingerprint density at radius 1 is 1.26 bits per heavy atom. The summed E-state index contributed by atoms with van der Waals surface area (Å²) in [5.41, 5.74) is 5.92. The number of aromatic nitrogens is 3. The third-order valence-corrected chi connectivity index (χ3v) is 5.20. The molecule has 7 heteroatoms. The van der Waals surface area contributed by atoms with Crippen molar-refractivity contribution in [3.8, 4) is 0 Å². The number of pyridine rings is 1. The van der Waals surface area contributed by atoms with Gasteiger partial charge in [0.1, 0.15) is 6.61 Å². The number of anilines is 1. The van der Waals surface area contributed by atoms with Crippen LogP contribution in [0.15, 0.2) is 24.7 Å². The highest BCUT2D eigenvalue weighted by atomic mass is 16.5. The molecule has 1 saturated heterocycles. The molecule has 2 aliphatic rings. The largest absolute Gasteiger partial charge is 0.372 e. The van der Waals surface area contributed by atoms with Crippen molar-refractivity contribution in [2.75, 3.05) is 44.3 Å². The van der Waals surface area contributed by atoms with Crippen molar-refractivity contribution in [1.82, 2.24) is 19.7 Å². The molecule has 0 radical (unpaired) electrons. The van der Waals surface area contributed by atoms with Gasteiger partial charge >= 0.3 is 0 Å². The first-order valence-corrected chi connectivity index (χ1v) is 9.43. The lowest BCUT2D eigenvalue weighted by atomic mass is 10.1. The van der Waals surface area contributed by atoms with Crippen molar-refractivity contribution in [2.45, 2.75) is 13.3 Å². The minimum absolute atomic E-state index is 0.0789. The van der Waals surface area contributed by atoms with Gasteiger partial charge in [0, 0.05) is 75.5 Å². The van der Waals surface area contributed by atoms with Crippen molar-refractivity contribution < 1.29 is 9.53 Å². The number of piperazine rings is 1. The van der Waals surface area contributed by atoms with Gasteiger partial charge in [-0.05, 0) is 24.6 Å². The number of aryl methyl sites for hydroxylation is 1. The molecule has 2 aromatic heterocycles. The first-order valence-electron chi connectivity index (χ1n) is 9.43. The van der Waals surface area contributed by atoms with Crippen LogP contribution in [0.2, 0.25) is 0 Å². The summed E-state index contributed by atoms with van der Waals surface area (Å²) in [6.07, 6.45) is 8.91. The Balaban J connectivity index is 1.48. The van der Waals surface area contributed by atoms with Crippen molar-refractivity contribution in [1.29, 1.82) is 0 Å². The summed E-state index contributed by atoms with van der Waals surface area (Å²) >= 11 is 0. The number of fused-ring (bicyclic) bond motifs is 1. The van der Waals surface area contributed by atoms with E-state index < -0.39 is 0 Å². The first kappa shape index (κ1) is 17.7. The van der Waals surface area contributed by atoms with Gasteiger partial charge in [0.05, 0.1) is 11.9 Å². The Hall–Kier alpha value is -2.67. The van der Waals surface area contributed by atoms with E-state index in [0.717, 1.165) is 43.9 Å². The fraction of sp³-hybridized carbons (Fsp3) is 0.450. The van der Waals surface area contributed by atoms with E-state index in [0.29, 0.717) is 6.61 Å². The molecular weight excluding hydrogens is 342 g/mol. The second-order valence-electron chi connectivity index (χ2n) is 6.94. The highest BCUT2D eigenvalue weighted by molar-refractivity contribution is 5.91. The molecule has 1 aliphatic heterocycles. The van der Waals surface area contributed by atoms with Crippen LogP contribution in [-0.4, -0.2) is 65.0 Å². The lowest BCUT2D eigenvalue weighted by molar-refractivity contribution is -0.136. The monoisotopic (exact) mass is 367 g/mol. The lowest BCUT2D eigenvalue weighted by Gasteiger charge is -2.36. The second kappa shape index (κ2) is 7.52. The van der Waals surface area contributed by atoms with E-state index >= 15 is 0 Å². The van der Waals surface area contributed by atoms with Gasteiger partial charge in [-0.2, -0.15) is 5.10 Å². The zero-order chi connectivity index (χ0) is 18.8. The van der Waals surface area contributed by atoms with Gasteiger partial charge < -0.3 is 14.5 Å². The normalized spacial score (nSPS) is 16.4. The fourth-order valence-corrected chi connectivity index (χ4v) is 3.73. The van der Waals surface area contributed by atoms with E-state index in [-0.39, 0.29) is 12.5 Å². The highest BCUT2D eigenvalue weighted by Crippen LogP contribution is 2.36. The maximum atomic E-state index is 12.1. The molecule has 1 amide bonds. The molecule has 4 rings (SSSR count). The molecule has 0 saturated carbocycles. The minimum atomic E-state index is 0.0789. The van der Waals surface area contributed by atoms with Crippen LogP contribution >= 0.6 is 0 Å². The Bertz CT molecular complexity index is 865. The maximum absolute atomic E-state index is 12.1. The van der Waals surface area contributed by atoms with Crippen molar-refractivity contribution in [3.05, 3.63) is 41.5 Å². The number of amides is 1. The highest BCUT2D eigenvalue weighted by Gasteiger charge is 2.25. The van der Waals surface area contributed by atoms with Gasteiger partial charge in [-0.1, -0.05) is 0 Å². The van der Waals surface area contributed by atoms with Crippen LogP contribution in [0.25, 0.3) is 11.6 Å². The van der Waals surface area contributed by atoms with Crippen LogP contribution in [0.1, 0.15) is 23.7 Å². The molecular formula is C20H25N5O2.